The fourth-order valence-corrected chi connectivity index (χ4v) is 1.83. The first-order valence-electron chi connectivity index (χ1n) is 6.44. The van der Waals surface area contributed by atoms with Gasteiger partial charge in [-0.2, -0.15) is 0 Å². The fraction of sp³-hybridized carbons (Fsp3) is 0.333. The Hall–Kier alpha value is -2.10. The fourth-order valence-electron chi connectivity index (χ4n) is 1.83. The second-order valence-corrected chi connectivity index (χ2v) is 4.55. The van der Waals surface area contributed by atoms with Crippen LogP contribution in [0.1, 0.15) is 35.2 Å². The van der Waals surface area contributed by atoms with Crippen molar-refractivity contribution < 1.29 is 9.21 Å². The summed E-state index contributed by atoms with van der Waals surface area (Å²) in [4.78, 5) is 16.2. The van der Waals surface area contributed by atoms with E-state index in [4.69, 9.17) is 4.42 Å². The van der Waals surface area contributed by atoms with E-state index < -0.39 is 0 Å². The maximum atomic E-state index is 11.9. The van der Waals surface area contributed by atoms with E-state index in [0.29, 0.717) is 23.9 Å². The van der Waals surface area contributed by atoms with Gasteiger partial charge >= 0.3 is 0 Å². The Bertz CT molecular complexity index is 588. The van der Waals surface area contributed by atoms with Crippen molar-refractivity contribution in [2.45, 2.75) is 27.2 Å². The van der Waals surface area contributed by atoms with Crippen LogP contribution in [0.3, 0.4) is 0 Å². The predicted octanol–water partition coefficient (Wildman–Crippen LogP) is 3.10. The SMILES string of the molecule is CCCNC(=O)c1nc(-c2cccc(C)c2)oc1C. The largest absolute Gasteiger partial charge is 0.441 e. The second kappa shape index (κ2) is 5.69. The average molecular weight is 258 g/mol. The van der Waals surface area contributed by atoms with Crippen molar-refractivity contribution in [2.75, 3.05) is 6.54 Å². The molecule has 0 atom stereocenters. The lowest BCUT2D eigenvalue weighted by Gasteiger charge is -1.99. The Balaban J connectivity index is 2.28. The number of carbonyl (C=O) groups excluding carboxylic acids is 1. The highest BCUT2D eigenvalue weighted by Gasteiger charge is 2.17. The first-order chi connectivity index (χ1) is 9.11. The normalized spacial score (nSPS) is 10.5. The van der Waals surface area contributed by atoms with Gasteiger partial charge in [0.05, 0.1) is 0 Å². The molecule has 0 aliphatic heterocycles. The van der Waals surface area contributed by atoms with Crippen LogP contribution in [-0.4, -0.2) is 17.4 Å². The quantitative estimate of drug-likeness (QED) is 0.916. The Morgan fingerprint density at radius 1 is 1.37 bits per heavy atom. The van der Waals surface area contributed by atoms with E-state index in [-0.39, 0.29) is 5.91 Å². The van der Waals surface area contributed by atoms with Gasteiger partial charge in [0.1, 0.15) is 5.76 Å². The highest BCUT2D eigenvalue weighted by atomic mass is 16.4. The molecule has 0 spiro atoms. The lowest BCUT2D eigenvalue weighted by atomic mass is 10.1. The molecule has 1 N–H and O–H groups in total. The van der Waals surface area contributed by atoms with Crippen LogP contribution in [0.2, 0.25) is 0 Å². The minimum absolute atomic E-state index is 0.179. The third kappa shape index (κ3) is 3.02. The van der Waals surface area contributed by atoms with Gasteiger partial charge < -0.3 is 9.73 Å². The molecule has 1 aromatic carbocycles. The van der Waals surface area contributed by atoms with Gasteiger partial charge in [0.2, 0.25) is 5.89 Å². The Morgan fingerprint density at radius 2 is 2.16 bits per heavy atom. The topological polar surface area (TPSA) is 55.1 Å². The molecular weight excluding hydrogens is 240 g/mol. The summed E-state index contributed by atoms with van der Waals surface area (Å²) in [6.45, 7) is 6.42. The second-order valence-electron chi connectivity index (χ2n) is 4.55. The molecule has 1 amide bonds. The molecule has 100 valence electrons. The Kier molecular flexibility index (Phi) is 4.00. The van der Waals surface area contributed by atoms with Gasteiger partial charge in [-0.05, 0) is 32.4 Å². The highest BCUT2D eigenvalue weighted by molar-refractivity contribution is 5.93. The zero-order valence-corrected chi connectivity index (χ0v) is 11.5. The lowest BCUT2D eigenvalue weighted by Crippen LogP contribution is -2.24. The molecule has 4 nitrogen and oxygen atoms in total. The number of hydrogen-bond donors (Lipinski definition) is 1. The van der Waals surface area contributed by atoms with Gasteiger partial charge in [-0.3, -0.25) is 4.79 Å². The highest BCUT2D eigenvalue weighted by Crippen LogP contribution is 2.22. The third-order valence-electron chi connectivity index (χ3n) is 2.81. The standard InChI is InChI=1S/C15H18N2O2/c1-4-8-16-14(18)13-11(3)19-15(17-13)12-7-5-6-10(2)9-12/h5-7,9H,4,8H2,1-3H3,(H,16,18). The molecule has 2 aromatic rings. The van der Waals surface area contributed by atoms with Crippen LogP contribution in [0.4, 0.5) is 0 Å². The molecule has 0 aliphatic rings. The molecule has 1 aromatic heterocycles. The minimum atomic E-state index is -0.179. The molecule has 0 bridgehead atoms. The van der Waals surface area contributed by atoms with Crippen LogP contribution < -0.4 is 5.32 Å². The van der Waals surface area contributed by atoms with Gasteiger partial charge in [0, 0.05) is 12.1 Å². The van der Waals surface area contributed by atoms with E-state index in [2.05, 4.69) is 10.3 Å². The maximum absolute atomic E-state index is 11.9. The van der Waals surface area contributed by atoms with Crippen molar-refractivity contribution in [3.05, 3.63) is 41.3 Å². The number of benzene rings is 1. The first-order valence-corrected chi connectivity index (χ1v) is 6.44. The molecule has 0 saturated heterocycles. The smallest absolute Gasteiger partial charge is 0.273 e. The Labute approximate surface area is 112 Å². The Morgan fingerprint density at radius 3 is 2.84 bits per heavy atom. The number of nitrogens with zero attached hydrogens (tertiary/aromatic N) is 1. The summed E-state index contributed by atoms with van der Waals surface area (Å²) in [6, 6.07) is 7.86. The predicted molar refractivity (Wildman–Crippen MR) is 74.0 cm³/mol. The number of nitrogens with one attached hydrogen (secondary N) is 1. The molecule has 4 heteroatoms. The number of oxazole rings is 1. The van der Waals surface area contributed by atoms with Crippen molar-refractivity contribution in [2.24, 2.45) is 0 Å². The van der Waals surface area contributed by atoms with Gasteiger partial charge in [0.15, 0.2) is 5.69 Å². The van der Waals surface area contributed by atoms with Crippen LogP contribution in [0.25, 0.3) is 11.5 Å². The van der Waals surface area contributed by atoms with Crippen LogP contribution in [0.15, 0.2) is 28.7 Å². The molecule has 0 unspecified atom stereocenters. The summed E-state index contributed by atoms with van der Waals surface area (Å²) in [7, 11) is 0. The van der Waals surface area contributed by atoms with E-state index in [9.17, 15) is 4.79 Å². The third-order valence-corrected chi connectivity index (χ3v) is 2.81. The summed E-state index contributed by atoms with van der Waals surface area (Å²) in [6.07, 6.45) is 0.896. The molecule has 2 rings (SSSR count). The first kappa shape index (κ1) is 13.3. The molecule has 0 aliphatic carbocycles. The van der Waals surface area contributed by atoms with E-state index in [1.165, 1.54) is 0 Å². The number of aryl methyl sites for hydroxylation is 2. The van der Waals surface area contributed by atoms with Gasteiger partial charge in [-0.15, -0.1) is 0 Å². The summed E-state index contributed by atoms with van der Waals surface area (Å²) >= 11 is 0. The lowest BCUT2D eigenvalue weighted by molar-refractivity contribution is 0.0948. The van der Waals surface area contributed by atoms with Gasteiger partial charge in [-0.1, -0.05) is 24.6 Å². The zero-order valence-electron chi connectivity index (χ0n) is 11.5. The maximum Gasteiger partial charge on any atom is 0.273 e. The molecule has 19 heavy (non-hydrogen) atoms. The van der Waals surface area contributed by atoms with Crippen LogP contribution in [0, 0.1) is 13.8 Å². The van der Waals surface area contributed by atoms with Crippen LogP contribution in [-0.2, 0) is 0 Å². The summed E-state index contributed by atoms with van der Waals surface area (Å²) in [5.41, 5.74) is 2.38. The number of amides is 1. The van der Waals surface area contributed by atoms with E-state index >= 15 is 0 Å². The van der Waals surface area contributed by atoms with Crippen molar-refractivity contribution >= 4 is 5.91 Å². The van der Waals surface area contributed by atoms with E-state index in [0.717, 1.165) is 17.5 Å². The van der Waals surface area contributed by atoms with Crippen LogP contribution in [0.5, 0.6) is 0 Å². The molecule has 0 radical (unpaired) electrons. The van der Waals surface area contributed by atoms with E-state index in [1.54, 1.807) is 6.92 Å². The zero-order chi connectivity index (χ0) is 13.8. The molecule has 1 heterocycles. The number of rotatable bonds is 4. The summed E-state index contributed by atoms with van der Waals surface area (Å²) in [5, 5.41) is 2.80. The monoisotopic (exact) mass is 258 g/mol. The van der Waals surface area contributed by atoms with Crippen molar-refractivity contribution in [1.82, 2.24) is 10.3 Å². The summed E-state index contributed by atoms with van der Waals surface area (Å²) in [5.74, 6) is 0.856. The molecule has 0 saturated carbocycles. The van der Waals surface area contributed by atoms with Gasteiger partial charge in [0.25, 0.3) is 5.91 Å². The van der Waals surface area contributed by atoms with Crippen molar-refractivity contribution in [3.63, 3.8) is 0 Å². The molecular formula is C15H18N2O2. The van der Waals surface area contributed by atoms with E-state index in [1.807, 2.05) is 38.1 Å². The minimum Gasteiger partial charge on any atom is -0.441 e. The number of carbonyl (C=O) groups is 1. The van der Waals surface area contributed by atoms with Crippen molar-refractivity contribution in [3.8, 4) is 11.5 Å². The van der Waals surface area contributed by atoms with Crippen LogP contribution >= 0.6 is 0 Å². The molecule has 0 fully saturated rings. The average Bonchev–Trinajstić information content (AvgIpc) is 2.78. The number of hydrogen-bond acceptors (Lipinski definition) is 3. The summed E-state index contributed by atoms with van der Waals surface area (Å²) < 4.78 is 5.58. The van der Waals surface area contributed by atoms with Crippen molar-refractivity contribution in [1.29, 1.82) is 0 Å². The van der Waals surface area contributed by atoms with Gasteiger partial charge in [-0.25, -0.2) is 4.98 Å². The number of aromatic nitrogens is 1.